The van der Waals surface area contributed by atoms with Crippen LogP contribution in [0.2, 0.25) is 0 Å². The number of hydrogen-bond acceptors (Lipinski definition) is 3. The largest absolute Gasteiger partial charge is 0.456 e. The van der Waals surface area contributed by atoms with Gasteiger partial charge >= 0.3 is 0 Å². The fraction of sp³-hybridized carbons (Fsp3) is 0.0732. The quantitative estimate of drug-likeness (QED) is 0.206. The summed E-state index contributed by atoms with van der Waals surface area (Å²) >= 11 is 0. The number of fused-ring (bicyclic) bond motifs is 10. The van der Waals surface area contributed by atoms with Gasteiger partial charge in [0.05, 0.1) is 40.0 Å². The summed E-state index contributed by atoms with van der Waals surface area (Å²) in [5.74, 6) is 0. The van der Waals surface area contributed by atoms with Gasteiger partial charge in [0.25, 0.3) is 0 Å². The molecule has 210 valence electrons. The first-order valence-electron chi connectivity index (χ1n) is 15.1. The van der Waals surface area contributed by atoms with Gasteiger partial charge in [0.2, 0.25) is 0 Å². The Morgan fingerprint density at radius 1 is 0.600 bits per heavy atom. The maximum Gasteiger partial charge on any atom is 0.140 e. The molecule has 1 aliphatic carbocycles. The van der Waals surface area contributed by atoms with Gasteiger partial charge in [-0.3, -0.25) is 0 Å². The summed E-state index contributed by atoms with van der Waals surface area (Å²) in [5, 5.41) is 23.8. The van der Waals surface area contributed by atoms with Crippen LogP contribution in [0.5, 0.6) is 0 Å². The molecule has 0 atom stereocenters. The molecule has 0 saturated heterocycles. The summed E-state index contributed by atoms with van der Waals surface area (Å²) < 4.78 is 8.87. The van der Waals surface area contributed by atoms with Crippen molar-refractivity contribution in [2.45, 2.75) is 19.3 Å². The smallest absolute Gasteiger partial charge is 0.140 e. The summed E-state index contributed by atoms with van der Waals surface area (Å²) in [6, 6.07) is 44.0. The highest BCUT2D eigenvalue weighted by Crippen LogP contribution is 2.52. The van der Waals surface area contributed by atoms with E-state index in [4.69, 9.17) is 4.42 Å². The Bertz CT molecular complexity index is 2650. The van der Waals surface area contributed by atoms with E-state index in [1.807, 2.05) is 48.5 Å². The first-order chi connectivity index (χ1) is 22.0. The Morgan fingerprint density at radius 3 is 2.20 bits per heavy atom. The minimum absolute atomic E-state index is 0.176. The third-order valence-corrected chi connectivity index (χ3v) is 9.64. The molecule has 2 aromatic heterocycles. The zero-order valence-corrected chi connectivity index (χ0v) is 24.7. The van der Waals surface area contributed by atoms with Gasteiger partial charge in [0, 0.05) is 38.1 Å². The Hall–Kier alpha value is -6.10. The van der Waals surface area contributed by atoms with Crippen LogP contribution in [0, 0.1) is 22.7 Å². The maximum absolute atomic E-state index is 9.92. The molecule has 0 spiro atoms. The highest BCUT2D eigenvalue weighted by molar-refractivity contribution is 6.12. The molecule has 45 heavy (non-hydrogen) atoms. The van der Waals surface area contributed by atoms with Crippen molar-refractivity contribution in [2.24, 2.45) is 0 Å². The molecule has 9 rings (SSSR count). The van der Waals surface area contributed by atoms with Gasteiger partial charge in [-0.2, -0.15) is 10.5 Å². The highest BCUT2D eigenvalue weighted by Gasteiger charge is 2.38. The van der Waals surface area contributed by atoms with Gasteiger partial charge in [-0.05, 0) is 76.9 Å². The van der Waals surface area contributed by atoms with Crippen LogP contribution in [0.3, 0.4) is 0 Å². The van der Waals surface area contributed by atoms with E-state index in [1.54, 1.807) is 0 Å². The third kappa shape index (κ3) is 3.40. The lowest BCUT2D eigenvalue weighted by molar-refractivity contribution is 0.620. The fourth-order valence-corrected chi connectivity index (χ4v) is 7.58. The monoisotopic (exact) mass is 575 g/mol. The lowest BCUT2D eigenvalue weighted by atomic mass is 9.82. The number of aromatic nitrogens is 1. The van der Waals surface area contributed by atoms with Crippen LogP contribution in [-0.2, 0) is 5.41 Å². The first-order valence-corrected chi connectivity index (χ1v) is 15.1. The van der Waals surface area contributed by atoms with Crippen LogP contribution in [-0.4, -0.2) is 4.57 Å². The van der Waals surface area contributed by atoms with Gasteiger partial charge in [0.15, 0.2) is 0 Å². The standard InChI is InChI=1S/C41H25N3O/c1-41(2)34-9-5-3-7-28(34)30-15-16-31-33-21-26(13-18-38(33)45-40(31)39(30)41)27-14-11-25(23-43)20-37(27)44-35-10-6-4-8-29(35)32-19-24(22-42)12-17-36(32)44/h3-21H,1-2H3. The second kappa shape index (κ2) is 8.96. The van der Waals surface area contributed by atoms with E-state index in [-0.39, 0.29) is 5.41 Å². The normalized spacial score (nSPS) is 13.2. The number of rotatable bonds is 2. The Kier molecular flexibility index (Phi) is 5.06. The van der Waals surface area contributed by atoms with E-state index in [0.717, 1.165) is 60.6 Å². The van der Waals surface area contributed by atoms with E-state index in [9.17, 15) is 10.5 Å². The van der Waals surface area contributed by atoms with E-state index >= 15 is 0 Å². The summed E-state index contributed by atoms with van der Waals surface area (Å²) in [6.45, 7) is 4.56. The van der Waals surface area contributed by atoms with Crippen LogP contribution in [0.1, 0.15) is 36.1 Å². The Balaban J connectivity index is 1.30. The molecule has 8 aromatic rings. The third-order valence-electron chi connectivity index (χ3n) is 9.64. The SMILES string of the molecule is CC1(C)c2ccccc2-c2ccc3c(oc4ccc(-c5ccc(C#N)cc5-n5c6ccccc6c6cc(C#N)ccc65)cc43)c21. The average Bonchev–Trinajstić information content (AvgIpc) is 3.69. The predicted octanol–water partition coefficient (Wildman–Crippen LogP) is 10.4. The molecular formula is C41H25N3O. The molecule has 0 unspecified atom stereocenters. The number of nitrogens with zero attached hydrogens (tertiary/aromatic N) is 3. The maximum atomic E-state index is 9.92. The number of para-hydroxylation sites is 1. The lowest BCUT2D eigenvalue weighted by Crippen LogP contribution is -2.15. The Morgan fingerprint density at radius 2 is 1.33 bits per heavy atom. The summed E-state index contributed by atoms with van der Waals surface area (Å²) in [6.07, 6.45) is 0. The van der Waals surface area contributed by atoms with Crippen LogP contribution in [0.25, 0.3) is 71.7 Å². The zero-order chi connectivity index (χ0) is 30.4. The molecule has 4 nitrogen and oxygen atoms in total. The molecular weight excluding hydrogens is 550 g/mol. The molecule has 0 bridgehead atoms. The average molecular weight is 576 g/mol. The van der Waals surface area contributed by atoms with E-state index in [2.05, 4.69) is 97.3 Å². The van der Waals surface area contributed by atoms with Crippen LogP contribution in [0.15, 0.2) is 120 Å². The molecule has 0 radical (unpaired) electrons. The summed E-state index contributed by atoms with van der Waals surface area (Å²) in [7, 11) is 0. The second-order valence-corrected chi connectivity index (χ2v) is 12.4. The molecule has 6 aromatic carbocycles. The predicted molar refractivity (Wildman–Crippen MR) is 180 cm³/mol. The first kappa shape index (κ1) is 25.4. The minimum atomic E-state index is -0.176. The minimum Gasteiger partial charge on any atom is -0.456 e. The fourth-order valence-electron chi connectivity index (χ4n) is 7.58. The van der Waals surface area contributed by atoms with Crippen molar-refractivity contribution < 1.29 is 4.42 Å². The van der Waals surface area contributed by atoms with Crippen molar-refractivity contribution >= 4 is 43.7 Å². The van der Waals surface area contributed by atoms with Crippen LogP contribution in [0.4, 0.5) is 0 Å². The molecule has 2 heterocycles. The van der Waals surface area contributed by atoms with Gasteiger partial charge in [-0.15, -0.1) is 0 Å². The van der Waals surface area contributed by atoms with Crippen molar-refractivity contribution in [3.8, 4) is 40.1 Å². The molecule has 0 amide bonds. The molecule has 0 saturated carbocycles. The Labute approximate surface area is 259 Å². The van der Waals surface area contributed by atoms with E-state index < -0.39 is 0 Å². The second-order valence-electron chi connectivity index (χ2n) is 12.4. The van der Waals surface area contributed by atoms with Gasteiger partial charge in [-0.25, -0.2) is 0 Å². The van der Waals surface area contributed by atoms with Crippen molar-refractivity contribution in [3.63, 3.8) is 0 Å². The zero-order valence-electron chi connectivity index (χ0n) is 24.7. The highest BCUT2D eigenvalue weighted by atomic mass is 16.3. The van der Waals surface area contributed by atoms with Gasteiger partial charge in [0.1, 0.15) is 11.2 Å². The lowest BCUT2D eigenvalue weighted by Gasteiger charge is -2.21. The molecule has 4 heteroatoms. The molecule has 1 aliphatic rings. The van der Waals surface area contributed by atoms with Crippen molar-refractivity contribution in [1.82, 2.24) is 4.57 Å². The van der Waals surface area contributed by atoms with E-state index in [0.29, 0.717) is 11.1 Å². The molecule has 0 aliphatic heterocycles. The van der Waals surface area contributed by atoms with Crippen molar-refractivity contribution in [1.29, 1.82) is 10.5 Å². The molecule has 0 fully saturated rings. The number of hydrogen-bond donors (Lipinski definition) is 0. The number of furan rings is 1. The molecule has 0 N–H and O–H groups in total. The van der Waals surface area contributed by atoms with Crippen molar-refractivity contribution in [3.05, 3.63) is 138 Å². The summed E-state index contributed by atoms with van der Waals surface area (Å²) in [5.41, 5.74) is 12.8. The van der Waals surface area contributed by atoms with Gasteiger partial charge in [-0.1, -0.05) is 74.5 Å². The van der Waals surface area contributed by atoms with E-state index in [1.165, 1.54) is 22.3 Å². The number of nitriles is 2. The summed E-state index contributed by atoms with van der Waals surface area (Å²) in [4.78, 5) is 0. The van der Waals surface area contributed by atoms with Crippen molar-refractivity contribution in [2.75, 3.05) is 0 Å². The van der Waals surface area contributed by atoms with Crippen LogP contribution < -0.4 is 0 Å². The number of benzene rings is 6. The van der Waals surface area contributed by atoms with Crippen LogP contribution >= 0.6 is 0 Å². The van der Waals surface area contributed by atoms with Gasteiger partial charge < -0.3 is 8.98 Å². The topological polar surface area (TPSA) is 65.7 Å².